The van der Waals surface area contributed by atoms with E-state index in [2.05, 4.69) is 14.8 Å². The van der Waals surface area contributed by atoms with Gasteiger partial charge in [0.15, 0.2) is 6.23 Å². The number of nitrogens with two attached hydrogens (primary N) is 1. The highest BCUT2D eigenvalue weighted by atomic mass is 31.2. The maximum atomic E-state index is 12.7. The van der Waals surface area contributed by atoms with Crippen LogP contribution in [0.3, 0.4) is 0 Å². The first-order valence-corrected chi connectivity index (χ1v) is 14.8. The van der Waals surface area contributed by atoms with Gasteiger partial charge < -0.3 is 60.4 Å². The Morgan fingerprint density at radius 3 is 2.51 bits per heavy atom. The molecular weight excluding hydrogens is 602 g/mol. The number of amides is 1. The summed E-state index contributed by atoms with van der Waals surface area (Å²) in [4.78, 5) is 56.9. The molecule has 0 bridgehead atoms. The molecule has 2 aliphatic rings. The molecule has 2 aliphatic heterocycles. The Morgan fingerprint density at radius 2 is 1.93 bits per heavy atom. The van der Waals surface area contributed by atoms with E-state index in [1.165, 1.54) is 6.07 Å². The lowest BCUT2D eigenvalue weighted by molar-refractivity contribution is -0.172. The van der Waals surface area contributed by atoms with Crippen molar-refractivity contribution in [1.82, 2.24) is 14.9 Å². The van der Waals surface area contributed by atoms with Crippen LogP contribution in [0.15, 0.2) is 28.9 Å². The third kappa shape index (κ3) is 8.39. The van der Waals surface area contributed by atoms with Gasteiger partial charge in [-0.3, -0.25) is 23.0 Å². The number of aliphatic hydroxyl groups is 4. The smallest absolute Gasteiger partial charge is 0.464 e. The molecule has 3 rings (SSSR count). The second kappa shape index (κ2) is 13.3. The highest BCUT2D eigenvalue weighted by Gasteiger charge is 2.48. The normalized spacial score (nSPS) is 30.6. The molecule has 1 saturated heterocycles. The summed E-state index contributed by atoms with van der Waals surface area (Å²) in [6.07, 6.45) is -8.04. The monoisotopic (exact) mass is 632 g/mol. The average molecular weight is 632 g/mol. The minimum Gasteiger partial charge on any atom is -0.464 e. The lowest BCUT2D eigenvalue weighted by Gasteiger charge is -2.37. The van der Waals surface area contributed by atoms with E-state index in [0.29, 0.717) is 6.08 Å². The van der Waals surface area contributed by atoms with Gasteiger partial charge in [0, 0.05) is 13.1 Å². The Labute approximate surface area is 230 Å². The van der Waals surface area contributed by atoms with Crippen molar-refractivity contribution < 1.29 is 72.3 Å². The predicted octanol–water partition coefficient (Wildman–Crippen LogP) is -3.80. The number of nitrogens with one attached hydrogen (secondary N) is 1. The molecule has 0 radical (unpaired) electrons. The van der Waals surface area contributed by atoms with Gasteiger partial charge in [-0.15, -0.1) is 0 Å². The van der Waals surface area contributed by atoms with E-state index in [1.807, 2.05) is 0 Å². The van der Waals surface area contributed by atoms with Crippen molar-refractivity contribution in [3.8, 4) is 0 Å². The summed E-state index contributed by atoms with van der Waals surface area (Å²) in [5, 5.41) is 42.4. The SMILES string of the molecule is CC(=O)N[C@H]1[C@H](OCCO)OC(C(OP(=O)(O)OC[C@H]2O[C@@H](n3ccc(N)nc3=O)[C@H](O)[C@@H]2O)P(=O)(O)O)=C[C@@H]1O. The fourth-order valence-electron chi connectivity index (χ4n) is 3.83. The van der Waals surface area contributed by atoms with E-state index in [-0.39, 0.29) is 12.4 Å². The van der Waals surface area contributed by atoms with Crippen molar-refractivity contribution >= 4 is 27.1 Å². The van der Waals surface area contributed by atoms with E-state index in [1.54, 1.807) is 0 Å². The fourth-order valence-corrected chi connectivity index (χ4v) is 5.91. The van der Waals surface area contributed by atoms with Gasteiger partial charge in [-0.05, 0) is 12.1 Å². The Bertz CT molecular complexity index is 1270. The van der Waals surface area contributed by atoms with Gasteiger partial charge in [-0.25, -0.2) is 9.36 Å². The highest BCUT2D eigenvalue weighted by molar-refractivity contribution is 7.54. The minimum absolute atomic E-state index is 0.126. The topological polar surface area (TPSA) is 312 Å². The average Bonchev–Trinajstić information content (AvgIpc) is 3.14. The number of carbonyl (C=O) groups excluding carboxylic acids is 1. The zero-order chi connectivity index (χ0) is 30.7. The van der Waals surface area contributed by atoms with E-state index >= 15 is 0 Å². The molecule has 1 aromatic heterocycles. The van der Waals surface area contributed by atoms with Crippen LogP contribution >= 0.6 is 15.4 Å². The summed E-state index contributed by atoms with van der Waals surface area (Å²) in [6.45, 7) is -0.803. The first kappa shape index (κ1) is 33.2. The molecule has 0 saturated carbocycles. The summed E-state index contributed by atoms with van der Waals surface area (Å²) in [7, 11) is -10.9. The number of hydrogen-bond acceptors (Lipinski definition) is 15. The maximum absolute atomic E-state index is 12.7. The first-order chi connectivity index (χ1) is 19.0. The number of phosphoric ester groups is 1. The zero-order valence-electron chi connectivity index (χ0n) is 21.1. The summed E-state index contributed by atoms with van der Waals surface area (Å²) >= 11 is 0. The van der Waals surface area contributed by atoms with Gasteiger partial charge in [-0.1, -0.05) is 0 Å². The third-order valence-electron chi connectivity index (χ3n) is 5.64. The van der Waals surface area contributed by atoms with E-state index in [0.717, 1.165) is 17.7 Å². The maximum Gasteiger partial charge on any atom is 0.473 e. The number of nitrogen functional groups attached to an aromatic ring is 1. The lowest BCUT2D eigenvalue weighted by atomic mass is 10.1. The van der Waals surface area contributed by atoms with Crippen molar-refractivity contribution in [2.24, 2.45) is 0 Å². The number of nitrogens with zero attached hydrogens (tertiary/aromatic N) is 2. The van der Waals surface area contributed by atoms with Crippen LogP contribution in [0, 0.1) is 0 Å². The van der Waals surface area contributed by atoms with E-state index < -0.39 is 94.8 Å². The number of carbonyl (C=O) groups is 1. The predicted molar refractivity (Wildman–Crippen MR) is 131 cm³/mol. The Morgan fingerprint density at radius 1 is 1.24 bits per heavy atom. The Kier molecular flexibility index (Phi) is 10.8. The van der Waals surface area contributed by atoms with Crippen molar-refractivity contribution in [2.75, 3.05) is 25.6 Å². The molecule has 9 atom stereocenters. The standard InChI is InChI=1S/C19H30N4O16P2/c1-8(25)21-13-9(26)6-10(38-17(13)35-5-4-24)18(40(30,31)32)39-41(33,34)36-7-11-14(27)15(28)16(37-11)23-3-2-12(20)22-19(23)29/h2-3,6,9,11,13-18,24,26-28H,4-5,7H2,1H3,(H,21,25)(H,33,34)(H2,20,22,29)(H2,30,31,32)/t9-,11+,13+,14+,15+,16+,17+,18?/m0/s1. The molecule has 3 heterocycles. The molecule has 20 nitrogen and oxygen atoms in total. The van der Waals surface area contributed by atoms with Crippen LogP contribution < -0.4 is 16.7 Å². The number of phosphoric acid groups is 1. The minimum atomic E-state index is -5.50. The Hall–Kier alpha value is -2.29. The number of hydrogen-bond donors (Lipinski definition) is 9. The molecule has 0 aromatic carbocycles. The summed E-state index contributed by atoms with van der Waals surface area (Å²) in [6, 6.07) is -0.0934. The van der Waals surface area contributed by atoms with Crippen LogP contribution in [0.5, 0.6) is 0 Å². The molecule has 1 aromatic rings. The van der Waals surface area contributed by atoms with Crippen LogP contribution in [0.1, 0.15) is 13.2 Å². The van der Waals surface area contributed by atoms with Gasteiger partial charge >= 0.3 is 21.1 Å². The molecule has 22 heteroatoms. The number of rotatable bonds is 12. The van der Waals surface area contributed by atoms with Gasteiger partial charge in [0.05, 0.1) is 19.8 Å². The van der Waals surface area contributed by atoms with Crippen LogP contribution in [0.4, 0.5) is 5.82 Å². The quantitative estimate of drug-likeness (QED) is 0.0997. The van der Waals surface area contributed by atoms with E-state index in [4.69, 9.17) is 29.6 Å². The molecule has 1 amide bonds. The molecule has 2 unspecified atom stereocenters. The number of anilines is 1. The molecule has 10 N–H and O–H groups in total. The van der Waals surface area contributed by atoms with Crippen molar-refractivity contribution in [1.29, 1.82) is 0 Å². The number of aromatic nitrogens is 2. The molecule has 0 aliphatic carbocycles. The van der Waals surface area contributed by atoms with Crippen LogP contribution in [-0.2, 0) is 37.2 Å². The van der Waals surface area contributed by atoms with Crippen LogP contribution in [-0.4, -0.2) is 113 Å². The first-order valence-electron chi connectivity index (χ1n) is 11.7. The van der Waals surface area contributed by atoms with Gasteiger partial charge in [0.1, 0.15) is 42.0 Å². The zero-order valence-corrected chi connectivity index (χ0v) is 22.9. The van der Waals surface area contributed by atoms with Crippen LogP contribution in [0.25, 0.3) is 0 Å². The van der Waals surface area contributed by atoms with Crippen molar-refractivity contribution in [2.45, 2.75) is 55.7 Å². The Balaban J connectivity index is 1.75. The lowest BCUT2D eigenvalue weighted by Crippen LogP contribution is -2.54. The van der Waals surface area contributed by atoms with Crippen molar-refractivity contribution in [3.05, 3.63) is 34.6 Å². The molecule has 41 heavy (non-hydrogen) atoms. The second-order valence-corrected chi connectivity index (χ2v) is 11.8. The summed E-state index contributed by atoms with van der Waals surface area (Å²) < 4.78 is 50.9. The van der Waals surface area contributed by atoms with E-state index in [9.17, 15) is 48.7 Å². The molecule has 1 fully saturated rings. The largest absolute Gasteiger partial charge is 0.473 e. The fraction of sp³-hybridized carbons (Fsp3) is 0.632. The second-order valence-electron chi connectivity index (χ2n) is 8.77. The highest BCUT2D eigenvalue weighted by Crippen LogP contribution is 2.56. The van der Waals surface area contributed by atoms with Gasteiger partial charge in [-0.2, -0.15) is 4.98 Å². The molecular formula is C19H30N4O16P2. The summed E-state index contributed by atoms with van der Waals surface area (Å²) in [5.41, 5.74) is 4.48. The number of aliphatic hydroxyl groups excluding tert-OH is 4. The third-order valence-corrected chi connectivity index (χ3v) is 7.73. The van der Waals surface area contributed by atoms with Gasteiger partial charge in [0.25, 0.3) is 0 Å². The van der Waals surface area contributed by atoms with Gasteiger partial charge in [0.2, 0.25) is 18.0 Å². The van der Waals surface area contributed by atoms with Crippen LogP contribution in [0.2, 0.25) is 0 Å². The number of ether oxygens (including phenoxy) is 3. The van der Waals surface area contributed by atoms with Crippen molar-refractivity contribution in [3.63, 3.8) is 0 Å². The summed E-state index contributed by atoms with van der Waals surface area (Å²) in [5.74, 6) is -4.27. The molecule has 232 valence electrons. The molecule has 0 spiro atoms.